The van der Waals surface area contributed by atoms with Gasteiger partial charge in [0.2, 0.25) is 11.8 Å². The normalized spacial score (nSPS) is 11.7. The van der Waals surface area contributed by atoms with E-state index in [4.69, 9.17) is 0 Å². The van der Waals surface area contributed by atoms with Gasteiger partial charge in [0.15, 0.2) is 0 Å². The Morgan fingerprint density at radius 1 is 1.15 bits per heavy atom. The van der Waals surface area contributed by atoms with Crippen molar-refractivity contribution >= 4 is 29.1 Å². The Morgan fingerprint density at radius 3 is 2.41 bits per heavy atom. The Bertz CT molecular complexity index is 820. The third kappa shape index (κ3) is 6.14. The van der Waals surface area contributed by atoms with E-state index in [2.05, 4.69) is 21.2 Å². The van der Waals surface area contributed by atoms with Gasteiger partial charge in [0.1, 0.15) is 16.9 Å². The highest BCUT2D eigenvalue weighted by Gasteiger charge is 2.23. The zero-order valence-corrected chi connectivity index (χ0v) is 16.0. The van der Waals surface area contributed by atoms with Crippen LogP contribution in [0.4, 0.5) is 4.39 Å². The van der Waals surface area contributed by atoms with Gasteiger partial charge in [-0.1, -0.05) is 13.8 Å². The molecule has 3 N–H and O–H groups in total. The Labute approximate surface area is 160 Å². The molecule has 0 aliphatic heterocycles. The third-order valence-electron chi connectivity index (χ3n) is 3.62. The molecule has 1 heterocycles. The van der Waals surface area contributed by atoms with Gasteiger partial charge in [0, 0.05) is 17.9 Å². The number of amides is 3. The second-order valence-corrected chi connectivity index (χ2v) is 7.15. The average Bonchev–Trinajstić information content (AvgIpc) is 3.06. The van der Waals surface area contributed by atoms with Gasteiger partial charge in [-0.25, -0.2) is 9.37 Å². The summed E-state index contributed by atoms with van der Waals surface area (Å²) in [7, 11) is 0. The molecule has 0 aliphatic rings. The molecule has 1 aromatic carbocycles. The van der Waals surface area contributed by atoms with Crippen molar-refractivity contribution in [1.82, 2.24) is 21.2 Å². The van der Waals surface area contributed by atoms with E-state index >= 15 is 0 Å². The molecule has 0 saturated heterocycles. The lowest BCUT2D eigenvalue weighted by atomic mass is 10.0. The van der Waals surface area contributed by atoms with Crippen LogP contribution in [0.5, 0.6) is 0 Å². The van der Waals surface area contributed by atoms with Gasteiger partial charge in [0.05, 0.1) is 12.1 Å². The highest BCUT2D eigenvalue weighted by Crippen LogP contribution is 2.24. The Balaban J connectivity index is 1.89. The fraction of sp³-hybridized carbons (Fsp3) is 0.333. The maximum absolute atomic E-state index is 13.0. The molecule has 2 rings (SSSR count). The quantitative estimate of drug-likeness (QED) is 0.653. The highest BCUT2D eigenvalue weighted by atomic mass is 32.1. The van der Waals surface area contributed by atoms with E-state index in [9.17, 15) is 18.8 Å². The molecule has 7 nitrogen and oxygen atoms in total. The Morgan fingerprint density at radius 2 is 1.81 bits per heavy atom. The fourth-order valence-corrected chi connectivity index (χ4v) is 3.11. The molecule has 0 saturated carbocycles. The summed E-state index contributed by atoms with van der Waals surface area (Å²) in [5.41, 5.74) is 5.93. The van der Waals surface area contributed by atoms with Crippen molar-refractivity contribution in [3.63, 3.8) is 0 Å². The summed E-state index contributed by atoms with van der Waals surface area (Å²) >= 11 is 1.34. The van der Waals surface area contributed by atoms with Gasteiger partial charge in [-0.2, -0.15) is 0 Å². The number of hydrogen-bond acceptors (Lipinski definition) is 5. The molecule has 144 valence electrons. The predicted octanol–water partition coefficient (Wildman–Crippen LogP) is 1.80. The first kappa shape index (κ1) is 20.5. The van der Waals surface area contributed by atoms with Crippen LogP contribution in [0, 0.1) is 11.7 Å². The van der Waals surface area contributed by atoms with E-state index in [1.54, 1.807) is 31.4 Å². The van der Waals surface area contributed by atoms with Crippen LogP contribution in [0.15, 0.2) is 29.6 Å². The molecule has 0 fully saturated rings. The standard InChI is InChI=1S/C18H21FN4O3S/c1-10(2)16(20-11(3)24)17(26)23-22-15(25)8-14-9-27-18(21-14)12-4-6-13(19)7-5-12/h4-7,9-10,16H,8H2,1-3H3,(H,20,24)(H,22,25)(H,23,26). The minimum absolute atomic E-state index is 0.0234. The number of carbonyl (C=O) groups is 3. The molecule has 0 spiro atoms. The molecule has 0 bridgehead atoms. The summed E-state index contributed by atoms with van der Waals surface area (Å²) in [4.78, 5) is 39.7. The minimum Gasteiger partial charge on any atom is -0.344 e. The van der Waals surface area contributed by atoms with Gasteiger partial charge >= 0.3 is 0 Å². The minimum atomic E-state index is -0.743. The van der Waals surface area contributed by atoms with Crippen molar-refractivity contribution in [3.8, 4) is 10.6 Å². The van der Waals surface area contributed by atoms with Crippen LogP contribution in [0.1, 0.15) is 26.5 Å². The number of benzene rings is 1. The van der Waals surface area contributed by atoms with E-state index in [0.29, 0.717) is 10.7 Å². The Hall–Kier alpha value is -2.81. The first-order valence-corrected chi connectivity index (χ1v) is 9.20. The molecule has 27 heavy (non-hydrogen) atoms. The number of rotatable bonds is 6. The van der Waals surface area contributed by atoms with Crippen molar-refractivity contribution in [2.24, 2.45) is 5.92 Å². The number of hydrazine groups is 1. The maximum atomic E-state index is 13.0. The topological polar surface area (TPSA) is 100 Å². The van der Waals surface area contributed by atoms with Crippen LogP contribution < -0.4 is 16.2 Å². The summed E-state index contributed by atoms with van der Waals surface area (Å²) in [6.07, 6.45) is -0.0234. The SMILES string of the molecule is CC(=O)NC(C(=O)NNC(=O)Cc1csc(-c2ccc(F)cc2)n1)C(C)C. The number of nitrogens with zero attached hydrogens (tertiary/aromatic N) is 1. The molecule has 1 atom stereocenters. The van der Waals surface area contributed by atoms with Crippen LogP contribution in [0.3, 0.4) is 0 Å². The van der Waals surface area contributed by atoms with Crippen molar-refractivity contribution in [3.05, 3.63) is 41.2 Å². The summed E-state index contributed by atoms with van der Waals surface area (Å²) in [5.74, 6) is -1.73. The van der Waals surface area contributed by atoms with Crippen LogP contribution in [0.2, 0.25) is 0 Å². The van der Waals surface area contributed by atoms with Gasteiger partial charge < -0.3 is 5.32 Å². The number of halogens is 1. The monoisotopic (exact) mass is 392 g/mol. The van der Waals surface area contributed by atoms with Crippen molar-refractivity contribution in [2.75, 3.05) is 0 Å². The molecule has 0 aliphatic carbocycles. The van der Waals surface area contributed by atoms with E-state index in [-0.39, 0.29) is 24.1 Å². The number of aromatic nitrogens is 1. The summed E-state index contributed by atoms with van der Waals surface area (Å²) in [5, 5.41) is 4.94. The fourth-order valence-electron chi connectivity index (χ4n) is 2.28. The van der Waals surface area contributed by atoms with Crippen LogP contribution in [0.25, 0.3) is 10.6 Å². The first-order chi connectivity index (χ1) is 12.8. The molecule has 2 aromatic rings. The van der Waals surface area contributed by atoms with Gasteiger partial charge in [-0.3, -0.25) is 25.2 Å². The molecular weight excluding hydrogens is 371 g/mol. The maximum Gasteiger partial charge on any atom is 0.261 e. The van der Waals surface area contributed by atoms with E-state index < -0.39 is 17.9 Å². The van der Waals surface area contributed by atoms with Crippen LogP contribution in [-0.4, -0.2) is 28.7 Å². The highest BCUT2D eigenvalue weighted by molar-refractivity contribution is 7.13. The van der Waals surface area contributed by atoms with Crippen molar-refractivity contribution < 1.29 is 18.8 Å². The second-order valence-electron chi connectivity index (χ2n) is 6.29. The van der Waals surface area contributed by atoms with Gasteiger partial charge in [0.25, 0.3) is 5.91 Å². The smallest absolute Gasteiger partial charge is 0.261 e. The molecule has 1 unspecified atom stereocenters. The molecule has 9 heteroatoms. The van der Waals surface area contributed by atoms with E-state index in [0.717, 1.165) is 5.56 Å². The van der Waals surface area contributed by atoms with Crippen LogP contribution in [-0.2, 0) is 20.8 Å². The van der Waals surface area contributed by atoms with E-state index in [1.807, 2.05) is 0 Å². The van der Waals surface area contributed by atoms with Crippen LogP contribution >= 0.6 is 11.3 Å². The number of hydrogen-bond donors (Lipinski definition) is 3. The first-order valence-electron chi connectivity index (χ1n) is 8.32. The lowest BCUT2D eigenvalue weighted by molar-refractivity contribution is -0.132. The van der Waals surface area contributed by atoms with Crippen molar-refractivity contribution in [2.45, 2.75) is 33.2 Å². The summed E-state index contributed by atoms with van der Waals surface area (Å²) < 4.78 is 13.0. The summed E-state index contributed by atoms with van der Waals surface area (Å²) in [6, 6.07) is 5.18. The molecule has 0 radical (unpaired) electrons. The Kier molecular flexibility index (Phi) is 7.00. The predicted molar refractivity (Wildman–Crippen MR) is 99.9 cm³/mol. The lowest BCUT2D eigenvalue weighted by Crippen LogP contribution is -2.54. The summed E-state index contributed by atoms with van der Waals surface area (Å²) in [6.45, 7) is 4.89. The number of thiazole rings is 1. The number of carbonyl (C=O) groups excluding carboxylic acids is 3. The van der Waals surface area contributed by atoms with E-state index in [1.165, 1.54) is 30.4 Å². The van der Waals surface area contributed by atoms with Crippen molar-refractivity contribution in [1.29, 1.82) is 0 Å². The molecule has 3 amide bonds. The average molecular weight is 392 g/mol. The second kappa shape index (κ2) is 9.22. The third-order valence-corrected chi connectivity index (χ3v) is 4.56. The largest absolute Gasteiger partial charge is 0.344 e. The van der Waals surface area contributed by atoms with Gasteiger partial charge in [-0.05, 0) is 30.2 Å². The number of nitrogens with one attached hydrogen (secondary N) is 3. The molecule has 1 aromatic heterocycles. The zero-order valence-electron chi connectivity index (χ0n) is 15.2. The lowest BCUT2D eigenvalue weighted by Gasteiger charge is -2.20. The zero-order chi connectivity index (χ0) is 20.0. The van der Waals surface area contributed by atoms with Gasteiger partial charge in [-0.15, -0.1) is 11.3 Å². The molecular formula is C18H21FN4O3S.